The van der Waals surface area contributed by atoms with Gasteiger partial charge in [-0.2, -0.15) is 0 Å². The zero-order valence-corrected chi connectivity index (χ0v) is 41.3. The van der Waals surface area contributed by atoms with E-state index in [0.717, 1.165) is 57.8 Å². The highest BCUT2D eigenvalue weighted by molar-refractivity contribution is 7.47. The van der Waals surface area contributed by atoms with Crippen molar-refractivity contribution < 1.29 is 32.9 Å². The first kappa shape index (κ1) is 59.2. The quantitative estimate of drug-likeness (QED) is 0.0244. The molecule has 0 saturated carbocycles. The number of carbonyl (C=O) groups is 1. The first-order chi connectivity index (χ1) is 29.5. The van der Waals surface area contributed by atoms with E-state index in [1.807, 2.05) is 27.2 Å². The van der Waals surface area contributed by atoms with Crippen LogP contribution in [0.25, 0.3) is 0 Å². The molecule has 0 aromatic carbocycles. The SMILES string of the molecule is CC/C=C/CC/C=C/CC/C=C/C(O)C(COP(=O)(O)OCC[N+](C)(C)C)NC(=O)CCCCCCCCCCCCCCC/C=C\C/C=C\CCCCCCCCCCC. The molecule has 1 amide bonds. The lowest BCUT2D eigenvalue weighted by Crippen LogP contribution is -2.45. The molecule has 3 N–H and O–H groups in total. The monoisotopic (exact) mass is 878 g/mol. The van der Waals surface area contributed by atoms with Crippen LogP contribution in [-0.2, 0) is 18.4 Å². The second-order valence-corrected chi connectivity index (χ2v) is 19.6. The van der Waals surface area contributed by atoms with Crippen molar-refractivity contribution in [3.63, 3.8) is 0 Å². The average Bonchev–Trinajstić information content (AvgIpc) is 3.21. The number of hydrogen-bond donors (Lipinski definition) is 3. The second kappa shape index (κ2) is 43.5. The number of nitrogens with one attached hydrogen (secondary N) is 1. The van der Waals surface area contributed by atoms with Gasteiger partial charge in [-0.25, -0.2) is 4.57 Å². The van der Waals surface area contributed by atoms with Gasteiger partial charge in [-0.1, -0.05) is 197 Å². The number of amides is 1. The highest BCUT2D eigenvalue weighted by atomic mass is 31.2. The maximum atomic E-state index is 12.9. The van der Waals surface area contributed by atoms with Gasteiger partial charge in [-0.15, -0.1) is 0 Å². The van der Waals surface area contributed by atoms with Gasteiger partial charge in [-0.05, 0) is 70.6 Å². The van der Waals surface area contributed by atoms with Crippen LogP contribution in [0, 0.1) is 0 Å². The third-order valence-electron chi connectivity index (χ3n) is 10.9. The summed E-state index contributed by atoms with van der Waals surface area (Å²) in [5.41, 5.74) is 0. The lowest BCUT2D eigenvalue weighted by Gasteiger charge is -2.25. The highest BCUT2D eigenvalue weighted by Crippen LogP contribution is 2.43. The second-order valence-electron chi connectivity index (χ2n) is 18.1. The fraction of sp³-hybridized carbons (Fsp3) is 0.788. The number of aliphatic hydroxyl groups is 1. The molecule has 0 fully saturated rings. The van der Waals surface area contributed by atoms with Gasteiger partial charge in [0.25, 0.3) is 0 Å². The Balaban J connectivity index is 4.10. The van der Waals surface area contributed by atoms with Crippen LogP contribution < -0.4 is 5.32 Å². The molecule has 356 valence electrons. The molecular weight excluding hydrogens is 780 g/mol. The summed E-state index contributed by atoms with van der Waals surface area (Å²) in [5.74, 6) is -0.196. The van der Waals surface area contributed by atoms with E-state index in [0.29, 0.717) is 17.4 Å². The minimum Gasteiger partial charge on any atom is -0.387 e. The summed E-state index contributed by atoms with van der Waals surface area (Å²) in [4.78, 5) is 23.1. The van der Waals surface area contributed by atoms with E-state index in [1.54, 1.807) is 6.08 Å². The number of rotatable bonds is 45. The van der Waals surface area contributed by atoms with Crippen LogP contribution in [0.5, 0.6) is 0 Å². The maximum Gasteiger partial charge on any atom is 0.472 e. The normalized spacial score (nSPS) is 14.7. The third-order valence-corrected chi connectivity index (χ3v) is 11.9. The number of nitrogens with zero attached hydrogens (tertiary/aromatic N) is 1. The van der Waals surface area contributed by atoms with Gasteiger partial charge in [0.05, 0.1) is 39.9 Å². The van der Waals surface area contributed by atoms with E-state index in [1.165, 1.54) is 135 Å². The average molecular weight is 878 g/mol. The Labute approximate surface area is 377 Å². The summed E-state index contributed by atoms with van der Waals surface area (Å²) in [5, 5.41) is 13.8. The fourth-order valence-corrected chi connectivity index (χ4v) is 7.73. The summed E-state index contributed by atoms with van der Waals surface area (Å²) < 4.78 is 23.5. The van der Waals surface area contributed by atoms with E-state index in [2.05, 4.69) is 67.8 Å². The lowest BCUT2D eigenvalue weighted by molar-refractivity contribution is -0.870. The molecule has 8 nitrogen and oxygen atoms in total. The molecule has 0 aliphatic heterocycles. The highest BCUT2D eigenvalue weighted by Gasteiger charge is 2.27. The van der Waals surface area contributed by atoms with Gasteiger partial charge in [0.15, 0.2) is 0 Å². The van der Waals surface area contributed by atoms with Crippen molar-refractivity contribution in [2.45, 2.75) is 225 Å². The summed E-state index contributed by atoms with van der Waals surface area (Å²) in [6.45, 7) is 4.66. The van der Waals surface area contributed by atoms with Crippen molar-refractivity contribution in [1.82, 2.24) is 5.32 Å². The van der Waals surface area contributed by atoms with Crippen LogP contribution in [0.3, 0.4) is 0 Å². The topological polar surface area (TPSA) is 105 Å². The molecule has 0 spiro atoms. The van der Waals surface area contributed by atoms with Crippen molar-refractivity contribution in [2.24, 2.45) is 0 Å². The number of unbranched alkanes of at least 4 members (excludes halogenated alkanes) is 24. The maximum absolute atomic E-state index is 12.9. The zero-order chi connectivity index (χ0) is 45.0. The van der Waals surface area contributed by atoms with Gasteiger partial charge >= 0.3 is 7.82 Å². The third kappa shape index (κ3) is 46.0. The largest absolute Gasteiger partial charge is 0.472 e. The summed E-state index contributed by atoms with van der Waals surface area (Å²) >= 11 is 0. The van der Waals surface area contributed by atoms with E-state index >= 15 is 0 Å². The molecule has 0 aliphatic rings. The van der Waals surface area contributed by atoms with Crippen LogP contribution in [0.15, 0.2) is 60.8 Å². The standard InChI is InChI=1S/C52H97N2O6P/c1-6-8-10-12-14-16-18-19-20-21-22-23-24-25-26-27-28-29-30-31-32-33-34-35-36-38-40-42-44-46-52(56)53-50(49-60-61(57,58)59-48-47-54(3,4)5)51(55)45-43-41-39-37-17-15-13-11-9-7-2/h9,11,17,22-23,25-26,37,43,45,50-51,55H,6-8,10,12-16,18-21,24,27-36,38-42,44,46-49H2,1-5H3,(H-,53,56,57,58)/p+1/b11-9+,23-22-,26-25-,37-17+,45-43+. The van der Waals surface area contributed by atoms with E-state index < -0.39 is 20.0 Å². The molecule has 3 unspecified atom stereocenters. The van der Waals surface area contributed by atoms with Crippen molar-refractivity contribution in [3.8, 4) is 0 Å². The number of carbonyl (C=O) groups excluding carboxylic acids is 1. The zero-order valence-electron chi connectivity index (χ0n) is 40.4. The number of phosphoric ester groups is 1. The summed E-state index contributed by atoms with van der Waals surface area (Å²) in [6, 6.07) is -0.870. The lowest BCUT2D eigenvalue weighted by atomic mass is 10.0. The molecule has 0 radical (unpaired) electrons. The fourth-order valence-electron chi connectivity index (χ4n) is 6.99. The van der Waals surface area contributed by atoms with E-state index in [4.69, 9.17) is 9.05 Å². The molecule has 0 bridgehead atoms. The minimum absolute atomic E-state index is 0.0514. The molecule has 0 aromatic rings. The van der Waals surface area contributed by atoms with Crippen molar-refractivity contribution >= 4 is 13.7 Å². The van der Waals surface area contributed by atoms with Gasteiger partial charge in [0.2, 0.25) is 5.91 Å². The molecule has 0 heterocycles. The summed E-state index contributed by atoms with van der Waals surface area (Å²) in [6.07, 6.45) is 57.6. The molecule has 0 aliphatic carbocycles. The van der Waals surface area contributed by atoms with Crippen LogP contribution in [0.4, 0.5) is 0 Å². The Morgan fingerprint density at radius 2 is 1.00 bits per heavy atom. The van der Waals surface area contributed by atoms with Gasteiger partial charge < -0.3 is 19.8 Å². The van der Waals surface area contributed by atoms with Crippen molar-refractivity contribution in [1.29, 1.82) is 0 Å². The van der Waals surface area contributed by atoms with Gasteiger partial charge in [0, 0.05) is 6.42 Å². The molecule has 3 atom stereocenters. The smallest absolute Gasteiger partial charge is 0.387 e. The van der Waals surface area contributed by atoms with E-state index in [9.17, 15) is 19.4 Å². The number of phosphoric acid groups is 1. The Morgan fingerprint density at radius 1 is 0.574 bits per heavy atom. The molecule has 61 heavy (non-hydrogen) atoms. The molecule has 0 saturated heterocycles. The first-order valence-corrected chi connectivity index (χ1v) is 26.7. The van der Waals surface area contributed by atoms with Crippen LogP contribution in [0.1, 0.15) is 213 Å². The Kier molecular flexibility index (Phi) is 42.2. The van der Waals surface area contributed by atoms with Crippen LogP contribution >= 0.6 is 7.82 Å². The predicted octanol–water partition coefficient (Wildman–Crippen LogP) is 14.6. The van der Waals surface area contributed by atoms with Crippen LogP contribution in [-0.4, -0.2) is 73.4 Å². The van der Waals surface area contributed by atoms with Crippen molar-refractivity contribution in [3.05, 3.63) is 60.8 Å². The Hall–Kier alpha value is -1.80. The number of likely N-dealkylation sites (N-methyl/N-ethyl adjacent to an activating group) is 1. The van der Waals surface area contributed by atoms with E-state index in [-0.39, 0.29) is 19.1 Å². The summed E-state index contributed by atoms with van der Waals surface area (Å²) in [7, 11) is 1.54. The Bertz CT molecular complexity index is 1180. The minimum atomic E-state index is -4.35. The first-order valence-electron chi connectivity index (χ1n) is 25.2. The molecule has 0 aromatic heterocycles. The number of hydrogen-bond acceptors (Lipinski definition) is 5. The number of aliphatic hydroxyl groups excluding tert-OH is 1. The van der Waals surface area contributed by atoms with Crippen LogP contribution in [0.2, 0.25) is 0 Å². The number of quaternary nitrogens is 1. The molecule has 9 heteroatoms. The van der Waals surface area contributed by atoms with Gasteiger partial charge in [-0.3, -0.25) is 13.8 Å². The Morgan fingerprint density at radius 3 is 1.48 bits per heavy atom. The van der Waals surface area contributed by atoms with Gasteiger partial charge in [0.1, 0.15) is 13.2 Å². The molecule has 0 rings (SSSR count). The molecular formula is C52H98N2O6P+. The predicted molar refractivity (Wildman–Crippen MR) is 263 cm³/mol. The number of allylic oxidation sites excluding steroid dienone is 9. The van der Waals surface area contributed by atoms with Crippen molar-refractivity contribution in [2.75, 3.05) is 40.9 Å².